The van der Waals surface area contributed by atoms with Crippen molar-refractivity contribution in [2.24, 2.45) is 5.73 Å². The van der Waals surface area contributed by atoms with Crippen molar-refractivity contribution in [1.29, 1.82) is 0 Å². The summed E-state index contributed by atoms with van der Waals surface area (Å²) in [6.07, 6.45) is 3.92. The van der Waals surface area contributed by atoms with E-state index in [1.807, 2.05) is 18.2 Å². The number of pyridine rings is 1. The average Bonchev–Trinajstić information content (AvgIpc) is 3.10. The molecule has 0 atom stereocenters. The summed E-state index contributed by atoms with van der Waals surface area (Å²) in [7, 11) is 1.66. The molecule has 1 amide bonds. The molecule has 2 aromatic rings. The van der Waals surface area contributed by atoms with Gasteiger partial charge >= 0.3 is 0 Å². The van der Waals surface area contributed by atoms with Crippen LogP contribution in [-0.2, 0) is 6.54 Å². The topological polar surface area (TPSA) is 77.7 Å². The first-order valence-electron chi connectivity index (χ1n) is 7.98. The lowest BCUT2D eigenvalue weighted by Gasteiger charge is -2.17. The number of benzene rings is 1. The van der Waals surface area contributed by atoms with Gasteiger partial charge in [0.15, 0.2) is 0 Å². The maximum atomic E-state index is 11.1. The van der Waals surface area contributed by atoms with Crippen molar-refractivity contribution in [2.75, 3.05) is 20.2 Å². The number of primary amides is 1. The van der Waals surface area contributed by atoms with Crippen LogP contribution in [0.5, 0.6) is 17.4 Å². The Balaban J connectivity index is 1.72. The number of rotatable bonds is 6. The zero-order valence-corrected chi connectivity index (χ0v) is 13.7. The number of nitrogens with two attached hydrogens (primary N) is 1. The van der Waals surface area contributed by atoms with Gasteiger partial charge in [0.1, 0.15) is 11.5 Å². The van der Waals surface area contributed by atoms with E-state index in [1.54, 1.807) is 19.2 Å². The van der Waals surface area contributed by atoms with E-state index >= 15 is 0 Å². The summed E-state index contributed by atoms with van der Waals surface area (Å²) in [5.74, 6) is 1.32. The molecule has 1 saturated heterocycles. The van der Waals surface area contributed by atoms with Gasteiger partial charge in [-0.25, -0.2) is 4.98 Å². The Morgan fingerprint density at radius 3 is 2.67 bits per heavy atom. The third-order valence-corrected chi connectivity index (χ3v) is 4.09. The molecule has 1 fully saturated rings. The molecule has 0 radical (unpaired) electrons. The van der Waals surface area contributed by atoms with E-state index in [2.05, 4.69) is 9.88 Å². The van der Waals surface area contributed by atoms with Crippen LogP contribution >= 0.6 is 0 Å². The summed E-state index contributed by atoms with van der Waals surface area (Å²) in [6.45, 7) is 3.16. The molecule has 6 nitrogen and oxygen atoms in total. The number of hydrogen-bond acceptors (Lipinski definition) is 5. The largest absolute Gasteiger partial charge is 0.496 e. The summed E-state index contributed by atoms with van der Waals surface area (Å²) in [5, 5.41) is 0. The van der Waals surface area contributed by atoms with Crippen molar-refractivity contribution < 1.29 is 14.3 Å². The van der Waals surface area contributed by atoms with Gasteiger partial charge in [0.05, 0.1) is 12.7 Å². The second-order valence-corrected chi connectivity index (χ2v) is 5.81. The highest BCUT2D eigenvalue weighted by Gasteiger charge is 2.15. The Morgan fingerprint density at radius 1 is 1.25 bits per heavy atom. The van der Waals surface area contributed by atoms with Crippen LogP contribution in [0.3, 0.4) is 0 Å². The summed E-state index contributed by atoms with van der Waals surface area (Å²) >= 11 is 0. The fourth-order valence-electron chi connectivity index (χ4n) is 2.81. The van der Waals surface area contributed by atoms with Gasteiger partial charge in [-0.3, -0.25) is 9.69 Å². The van der Waals surface area contributed by atoms with Crippen molar-refractivity contribution in [2.45, 2.75) is 19.4 Å². The molecule has 0 unspecified atom stereocenters. The summed E-state index contributed by atoms with van der Waals surface area (Å²) < 4.78 is 11.2. The molecule has 2 N–H and O–H groups in total. The fourth-order valence-corrected chi connectivity index (χ4v) is 2.81. The van der Waals surface area contributed by atoms with Crippen LogP contribution < -0.4 is 15.2 Å². The molecule has 1 aromatic heterocycles. The first kappa shape index (κ1) is 16.3. The first-order chi connectivity index (χ1) is 11.7. The quantitative estimate of drug-likeness (QED) is 0.882. The lowest BCUT2D eigenvalue weighted by molar-refractivity contribution is 0.1000. The number of aromatic nitrogens is 1. The molecule has 0 aliphatic carbocycles. The van der Waals surface area contributed by atoms with Gasteiger partial charge in [0.2, 0.25) is 11.8 Å². The average molecular weight is 327 g/mol. The molecular weight excluding hydrogens is 306 g/mol. The lowest BCUT2D eigenvalue weighted by atomic mass is 10.2. The Bertz CT molecular complexity index is 710. The second-order valence-electron chi connectivity index (χ2n) is 5.81. The van der Waals surface area contributed by atoms with Crippen molar-refractivity contribution in [1.82, 2.24) is 9.88 Å². The summed E-state index contributed by atoms with van der Waals surface area (Å²) in [6, 6.07) is 8.98. The van der Waals surface area contributed by atoms with E-state index < -0.39 is 5.91 Å². The van der Waals surface area contributed by atoms with Crippen molar-refractivity contribution in [3.05, 3.63) is 47.7 Å². The number of likely N-dealkylation sites (tertiary alicyclic amines) is 1. The van der Waals surface area contributed by atoms with Crippen molar-refractivity contribution in [3.8, 4) is 17.4 Å². The fraction of sp³-hybridized carbons (Fsp3) is 0.333. The van der Waals surface area contributed by atoms with Crippen LogP contribution in [0, 0.1) is 0 Å². The molecule has 0 bridgehead atoms. The van der Waals surface area contributed by atoms with Crippen LogP contribution in [0.4, 0.5) is 0 Å². The van der Waals surface area contributed by atoms with E-state index in [4.69, 9.17) is 15.2 Å². The minimum Gasteiger partial charge on any atom is -0.496 e. The predicted molar refractivity (Wildman–Crippen MR) is 90.3 cm³/mol. The molecule has 24 heavy (non-hydrogen) atoms. The van der Waals surface area contributed by atoms with E-state index in [0.29, 0.717) is 17.2 Å². The third-order valence-electron chi connectivity index (χ3n) is 4.09. The van der Waals surface area contributed by atoms with E-state index in [9.17, 15) is 4.79 Å². The Morgan fingerprint density at radius 2 is 2.04 bits per heavy atom. The molecular formula is C18H21N3O3. The molecule has 126 valence electrons. The number of amides is 1. The van der Waals surface area contributed by atoms with Crippen LogP contribution in [0.15, 0.2) is 36.5 Å². The number of carbonyl (C=O) groups is 1. The van der Waals surface area contributed by atoms with Crippen LogP contribution in [0.1, 0.15) is 28.8 Å². The molecule has 1 aliphatic rings. The maximum absolute atomic E-state index is 11.1. The first-order valence-corrected chi connectivity index (χ1v) is 7.98. The lowest BCUT2D eigenvalue weighted by Crippen LogP contribution is -2.18. The number of methoxy groups -OCH3 is 1. The van der Waals surface area contributed by atoms with Gasteiger partial charge in [-0.2, -0.15) is 0 Å². The number of hydrogen-bond donors (Lipinski definition) is 1. The number of nitrogens with zero attached hydrogens (tertiary/aromatic N) is 2. The highest BCUT2D eigenvalue weighted by Crippen LogP contribution is 2.29. The Hall–Kier alpha value is -2.60. The molecule has 2 heterocycles. The minimum absolute atomic E-state index is 0.348. The van der Waals surface area contributed by atoms with Gasteiger partial charge in [0, 0.05) is 30.4 Å². The normalized spacial score (nSPS) is 14.5. The molecule has 0 spiro atoms. The number of ether oxygens (including phenoxy) is 2. The van der Waals surface area contributed by atoms with Crippen LogP contribution in [0.25, 0.3) is 0 Å². The Labute approximate surface area is 141 Å². The third kappa shape index (κ3) is 3.83. The number of carbonyl (C=O) groups excluding carboxylic acids is 1. The molecule has 6 heteroatoms. The Kier molecular flexibility index (Phi) is 4.96. The van der Waals surface area contributed by atoms with Gasteiger partial charge in [-0.1, -0.05) is 6.07 Å². The van der Waals surface area contributed by atoms with Crippen LogP contribution in [0.2, 0.25) is 0 Å². The molecule has 3 rings (SSSR count). The monoisotopic (exact) mass is 327 g/mol. The summed E-state index contributed by atoms with van der Waals surface area (Å²) in [4.78, 5) is 17.6. The minimum atomic E-state index is -0.512. The van der Waals surface area contributed by atoms with E-state index in [-0.39, 0.29) is 0 Å². The summed E-state index contributed by atoms with van der Waals surface area (Å²) in [5.41, 5.74) is 6.69. The van der Waals surface area contributed by atoms with Gasteiger partial charge < -0.3 is 15.2 Å². The van der Waals surface area contributed by atoms with Gasteiger partial charge in [-0.15, -0.1) is 0 Å². The molecule has 1 aromatic carbocycles. The van der Waals surface area contributed by atoms with Crippen molar-refractivity contribution >= 4 is 5.91 Å². The molecule has 0 saturated carbocycles. The standard InChI is InChI=1S/C18H21N3O3/c1-23-16-10-15(6-4-14(16)12-21-8-2-3-9-21)24-17-7-5-13(11-20-17)18(19)22/h4-7,10-11H,2-3,8-9,12H2,1H3,(H2,19,22). The van der Waals surface area contributed by atoms with E-state index in [0.717, 1.165) is 30.9 Å². The van der Waals surface area contributed by atoms with Gasteiger partial charge in [-0.05, 0) is 38.1 Å². The smallest absolute Gasteiger partial charge is 0.250 e. The predicted octanol–water partition coefficient (Wildman–Crippen LogP) is 2.58. The van der Waals surface area contributed by atoms with Gasteiger partial charge in [0.25, 0.3) is 0 Å². The van der Waals surface area contributed by atoms with E-state index in [1.165, 1.54) is 19.0 Å². The highest BCUT2D eigenvalue weighted by molar-refractivity contribution is 5.92. The maximum Gasteiger partial charge on any atom is 0.250 e. The zero-order valence-electron chi connectivity index (χ0n) is 13.7. The second kappa shape index (κ2) is 7.31. The highest BCUT2D eigenvalue weighted by atomic mass is 16.5. The van der Waals surface area contributed by atoms with Crippen LogP contribution in [-0.4, -0.2) is 36.0 Å². The SMILES string of the molecule is COc1cc(Oc2ccc(C(N)=O)cn2)ccc1CN1CCCC1. The van der Waals surface area contributed by atoms with Crippen molar-refractivity contribution in [3.63, 3.8) is 0 Å². The molecule has 1 aliphatic heterocycles. The zero-order chi connectivity index (χ0) is 16.9.